The van der Waals surface area contributed by atoms with Crippen LogP contribution in [0, 0.1) is 18.8 Å². The Bertz CT molecular complexity index is 956. The fourth-order valence-corrected chi connectivity index (χ4v) is 2.59. The molecule has 3 rings (SSSR count). The van der Waals surface area contributed by atoms with E-state index in [0.29, 0.717) is 13.0 Å². The number of aryl methyl sites for hydroxylation is 1. The third-order valence-electron chi connectivity index (χ3n) is 3.98. The summed E-state index contributed by atoms with van der Waals surface area (Å²) in [7, 11) is 0. The van der Waals surface area contributed by atoms with Crippen LogP contribution < -0.4 is 5.32 Å². The van der Waals surface area contributed by atoms with Crippen molar-refractivity contribution in [2.24, 2.45) is 0 Å². The number of fused-ring (bicyclic) bond motifs is 1. The lowest BCUT2D eigenvalue weighted by Crippen LogP contribution is -2.24. The van der Waals surface area contributed by atoms with Gasteiger partial charge in [0.25, 0.3) is 0 Å². The molecule has 3 aromatic rings. The molecular formula is C22H20N2O2. The number of ether oxygens (including phenoxy) is 1. The number of hydrogen-bond acceptors (Lipinski definition) is 3. The van der Waals surface area contributed by atoms with Gasteiger partial charge in [0.1, 0.15) is 6.61 Å². The van der Waals surface area contributed by atoms with Gasteiger partial charge in [0.05, 0.1) is 5.52 Å². The van der Waals surface area contributed by atoms with Gasteiger partial charge < -0.3 is 10.1 Å². The van der Waals surface area contributed by atoms with Gasteiger partial charge in [-0.1, -0.05) is 54.3 Å². The van der Waals surface area contributed by atoms with E-state index >= 15 is 0 Å². The lowest BCUT2D eigenvalue weighted by atomic mass is 10.0. The SMILES string of the molecule is Cc1c(C#CCCNC(=O)OCc2ccccc2)ccc2cccnc12. The van der Waals surface area contributed by atoms with E-state index in [1.807, 2.05) is 61.5 Å². The molecule has 0 aliphatic heterocycles. The van der Waals surface area contributed by atoms with Crippen LogP contribution in [0.25, 0.3) is 10.9 Å². The zero-order chi connectivity index (χ0) is 18.2. The molecule has 0 spiro atoms. The Morgan fingerprint density at radius 3 is 2.81 bits per heavy atom. The Morgan fingerprint density at radius 2 is 1.96 bits per heavy atom. The van der Waals surface area contributed by atoms with Crippen LogP contribution >= 0.6 is 0 Å². The zero-order valence-corrected chi connectivity index (χ0v) is 14.7. The van der Waals surface area contributed by atoms with Crippen LogP contribution in [0.5, 0.6) is 0 Å². The quantitative estimate of drug-likeness (QED) is 0.570. The fraction of sp³-hybridized carbons (Fsp3) is 0.182. The molecule has 0 bridgehead atoms. The van der Waals surface area contributed by atoms with E-state index in [9.17, 15) is 4.79 Å². The number of rotatable bonds is 4. The summed E-state index contributed by atoms with van der Waals surface area (Å²) >= 11 is 0. The van der Waals surface area contributed by atoms with Crippen LogP contribution in [0.1, 0.15) is 23.1 Å². The Balaban J connectivity index is 1.47. The number of nitrogens with one attached hydrogen (secondary N) is 1. The van der Waals surface area contributed by atoms with Gasteiger partial charge in [0.2, 0.25) is 0 Å². The van der Waals surface area contributed by atoms with Crippen molar-refractivity contribution in [3.63, 3.8) is 0 Å². The van der Waals surface area contributed by atoms with Gasteiger partial charge in [-0.05, 0) is 30.2 Å². The molecule has 0 saturated heterocycles. The Kier molecular flexibility index (Phi) is 5.84. The summed E-state index contributed by atoms with van der Waals surface area (Å²) < 4.78 is 5.15. The van der Waals surface area contributed by atoms with Crippen molar-refractivity contribution in [1.82, 2.24) is 10.3 Å². The number of benzene rings is 2. The molecule has 0 aliphatic rings. The van der Waals surface area contributed by atoms with Gasteiger partial charge in [-0.2, -0.15) is 0 Å². The van der Waals surface area contributed by atoms with Crippen molar-refractivity contribution in [1.29, 1.82) is 0 Å². The minimum atomic E-state index is -0.429. The number of nitrogens with zero attached hydrogens (tertiary/aromatic N) is 1. The third-order valence-corrected chi connectivity index (χ3v) is 3.98. The van der Waals surface area contributed by atoms with Crippen LogP contribution in [0.3, 0.4) is 0 Å². The highest BCUT2D eigenvalue weighted by Gasteiger charge is 2.02. The van der Waals surface area contributed by atoms with E-state index in [1.54, 1.807) is 6.20 Å². The number of aromatic nitrogens is 1. The monoisotopic (exact) mass is 344 g/mol. The van der Waals surface area contributed by atoms with Gasteiger partial charge in [-0.3, -0.25) is 4.98 Å². The van der Waals surface area contributed by atoms with Crippen molar-refractivity contribution < 1.29 is 9.53 Å². The van der Waals surface area contributed by atoms with Crippen LogP contribution in [-0.4, -0.2) is 17.6 Å². The number of alkyl carbamates (subject to hydrolysis) is 1. The molecular weight excluding hydrogens is 324 g/mol. The van der Waals surface area contributed by atoms with Gasteiger partial charge in [0.15, 0.2) is 0 Å². The highest BCUT2D eigenvalue weighted by molar-refractivity contribution is 5.83. The van der Waals surface area contributed by atoms with Crippen LogP contribution in [-0.2, 0) is 11.3 Å². The molecule has 1 heterocycles. The molecule has 1 N–H and O–H groups in total. The second kappa shape index (κ2) is 8.68. The fourth-order valence-electron chi connectivity index (χ4n) is 2.59. The smallest absolute Gasteiger partial charge is 0.407 e. The average Bonchev–Trinajstić information content (AvgIpc) is 2.69. The first-order chi connectivity index (χ1) is 12.7. The molecule has 0 saturated carbocycles. The van der Waals surface area contributed by atoms with Crippen LogP contribution in [0.2, 0.25) is 0 Å². The number of amides is 1. The first-order valence-corrected chi connectivity index (χ1v) is 8.52. The molecule has 1 amide bonds. The van der Waals surface area contributed by atoms with E-state index in [2.05, 4.69) is 22.1 Å². The second-order valence-corrected chi connectivity index (χ2v) is 5.85. The maximum Gasteiger partial charge on any atom is 0.407 e. The summed E-state index contributed by atoms with van der Waals surface area (Å²) in [5.41, 5.74) is 3.97. The minimum Gasteiger partial charge on any atom is -0.445 e. The maximum absolute atomic E-state index is 11.7. The maximum atomic E-state index is 11.7. The third kappa shape index (κ3) is 4.61. The molecule has 4 nitrogen and oxygen atoms in total. The predicted molar refractivity (Wildman–Crippen MR) is 103 cm³/mol. The molecule has 2 aromatic carbocycles. The van der Waals surface area contributed by atoms with E-state index in [4.69, 9.17) is 4.74 Å². The summed E-state index contributed by atoms with van der Waals surface area (Å²) in [4.78, 5) is 16.1. The number of carbonyl (C=O) groups is 1. The van der Waals surface area contributed by atoms with E-state index in [0.717, 1.165) is 27.6 Å². The molecule has 26 heavy (non-hydrogen) atoms. The van der Waals surface area contributed by atoms with E-state index in [1.165, 1.54) is 0 Å². The minimum absolute atomic E-state index is 0.266. The summed E-state index contributed by atoms with van der Waals surface area (Å²) in [6.07, 6.45) is 1.92. The van der Waals surface area contributed by atoms with E-state index < -0.39 is 6.09 Å². The molecule has 0 fully saturated rings. The Labute approximate surface area is 153 Å². The molecule has 0 radical (unpaired) electrons. The second-order valence-electron chi connectivity index (χ2n) is 5.85. The topological polar surface area (TPSA) is 51.2 Å². The van der Waals surface area contributed by atoms with Crippen LogP contribution in [0.15, 0.2) is 60.8 Å². The predicted octanol–water partition coefficient (Wildman–Crippen LogP) is 4.21. The van der Waals surface area contributed by atoms with Crippen molar-refractivity contribution in [2.45, 2.75) is 20.0 Å². The highest BCUT2D eigenvalue weighted by Crippen LogP contribution is 2.18. The van der Waals surface area contributed by atoms with Gasteiger partial charge in [0, 0.05) is 30.1 Å². The average molecular weight is 344 g/mol. The first-order valence-electron chi connectivity index (χ1n) is 8.52. The molecule has 0 atom stereocenters. The number of pyridine rings is 1. The lowest BCUT2D eigenvalue weighted by molar-refractivity contribution is 0.140. The molecule has 0 unspecified atom stereocenters. The number of carbonyl (C=O) groups excluding carboxylic acids is 1. The molecule has 4 heteroatoms. The Morgan fingerprint density at radius 1 is 1.12 bits per heavy atom. The highest BCUT2D eigenvalue weighted by atomic mass is 16.5. The van der Waals surface area contributed by atoms with Crippen molar-refractivity contribution in [3.05, 3.63) is 77.5 Å². The zero-order valence-electron chi connectivity index (χ0n) is 14.7. The van der Waals surface area contributed by atoms with Crippen molar-refractivity contribution in [3.8, 4) is 11.8 Å². The molecule has 0 aliphatic carbocycles. The van der Waals surface area contributed by atoms with Crippen LogP contribution in [0.4, 0.5) is 4.79 Å². The first kappa shape index (κ1) is 17.5. The standard InChI is InChI=1S/C22H20N2O2/c1-17-19(12-13-20-11-7-15-23-21(17)20)10-5-6-14-24-22(25)26-16-18-8-3-2-4-9-18/h2-4,7-9,11-13,15H,6,14,16H2,1H3,(H,24,25). The van der Waals surface area contributed by atoms with E-state index in [-0.39, 0.29) is 6.61 Å². The van der Waals surface area contributed by atoms with Gasteiger partial charge in [-0.25, -0.2) is 4.79 Å². The summed E-state index contributed by atoms with van der Waals surface area (Å²) in [5, 5.41) is 3.82. The van der Waals surface area contributed by atoms with Crippen molar-refractivity contribution in [2.75, 3.05) is 6.54 Å². The van der Waals surface area contributed by atoms with Gasteiger partial charge >= 0.3 is 6.09 Å². The summed E-state index contributed by atoms with van der Waals surface area (Å²) in [6, 6.07) is 17.6. The summed E-state index contributed by atoms with van der Waals surface area (Å²) in [5.74, 6) is 6.24. The van der Waals surface area contributed by atoms with Gasteiger partial charge in [-0.15, -0.1) is 0 Å². The Hall–Kier alpha value is -3.32. The van der Waals surface area contributed by atoms with Crippen molar-refractivity contribution >= 4 is 17.0 Å². The largest absolute Gasteiger partial charge is 0.445 e. The lowest BCUT2D eigenvalue weighted by Gasteiger charge is -2.05. The molecule has 1 aromatic heterocycles. The number of hydrogen-bond donors (Lipinski definition) is 1. The summed E-state index contributed by atoms with van der Waals surface area (Å²) in [6.45, 7) is 2.74. The molecule has 130 valence electrons. The normalized spacial score (nSPS) is 10.0.